The first-order valence-electron chi connectivity index (χ1n) is 8.64. The third-order valence-corrected chi connectivity index (χ3v) is 5.30. The molecule has 0 N–H and O–H groups in total. The molecule has 0 aliphatic carbocycles. The maximum atomic E-state index is 12.9. The number of hydrogen-bond acceptors (Lipinski definition) is 5. The smallest absolute Gasteiger partial charge is 0.289 e. The van der Waals surface area contributed by atoms with Gasteiger partial charge < -0.3 is 13.8 Å². The van der Waals surface area contributed by atoms with E-state index in [2.05, 4.69) is 26.0 Å². The van der Waals surface area contributed by atoms with E-state index in [-0.39, 0.29) is 5.91 Å². The van der Waals surface area contributed by atoms with Gasteiger partial charge in [0.1, 0.15) is 5.58 Å². The number of furan rings is 1. The lowest BCUT2D eigenvalue weighted by molar-refractivity contribution is 0.0588. The maximum absolute atomic E-state index is 12.9. The van der Waals surface area contributed by atoms with Crippen LogP contribution in [-0.4, -0.2) is 47.0 Å². The van der Waals surface area contributed by atoms with Crippen LogP contribution in [0.1, 0.15) is 27.6 Å². The molecule has 4 rings (SSSR count). The summed E-state index contributed by atoms with van der Waals surface area (Å²) < 4.78 is 12.1. The first-order valence-corrected chi connectivity index (χ1v) is 9.43. The molecule has 0 bridgehead atoms. The zero-order valence-electron chi connectivity index (χ0n) is 14.8. The Morgan fingerprint density at radius 3 is 2.65 bits per heavy atom. The summed E-state index contributed by atoms with van der Waals surface area (Å²) in [6.45, 7) is 7.53. The van der Waals surface area contributed by atoms with Crippen LogP contribution >= 0.6 is 15.9 Å². The Labute approximate surface area is 159 Å². The number of fused-ring (bicyclic) bond motifs is 1. The fraction of sp³-hybridized carbons (Fsp3) is 0.368. The van der Waals surface area contributed by atoms with Gasteiger partial charge in [0.25, 0.3) is 5.91 Å². The van der Waals surface area contributed by atoms with Gasteiger partial charge in [-0.05, 0) is 32.0 Å². The summed E-state index contributed by atoms with van der Waals surface area (Å²) in [5.41, 5.74) is 2.53. The Morgan fingerprint density at radius 1 is 1.19 bits per heavy atom. The van der Waals surface area contributed by atoms with Crippen molar-refractivity contribution in [2.24, 2.45) is 0 Å². The molecular formula is C19H20BrN3O3. The number of aryl methyl sites for hydroxylation is 2. The Hall–Kier alpha value is -2.12. The van der Waals surface area contributed by atoms with Gasteiger partial charge in [0.15, 0.2) is 11.5 Å². The number of carbonyl (C=O) groups excluding carboxylic acids is 1. The minimum Gasteiger partial charge on any atom is -0.451 e. The highest BCUT2D eigenvalue weighted by Crippen LogP contribution is 2.29. The maximum Gasteiger partial charge on any atom is 0.289 e. The average molecular weight is 418 g/mol. The van der Waals surface area contributed by atoms with Gasteiger partial charge in [-0.15, -0.1) is 0 Å². The second-order valence-electron chi connectivity index (χ2n) is 6.70. The molecule has 136 valence electrons. The molecule has 7 heteroatoms. The molecule has 0 unspecified atom stereocenters. The van der Waals surface area contributed by atoms with E-state index >= 15 is 0 Å². The van der Waals surface area contributed by atoms with Gasteiger partial charge in [0, 0.05) is 47.7 Å². The van der Waals surface area contributed by atoms with Crippen molar-refractivity contribution < 1.29 is 13.7 Å². The quantitative estimate of drug-likeness (QED) is 0.648. The number of hydrogen-bond donors (Lipinski definition) is 0. The fourth-order valence-corrected chi connectivity index (χ4v) is 3.72. The van der Waals surface area contributed by atoms with Gasteiger partial charge in [-0.3, -0.25) is 9.69 Å². The van der Waals surface area contributed by atoms with Crippen molar-refractivity contribution in [1.29, 1.82) is 0 Å². The monoisotopic (exact) mass is 417 g/mol. The third kappa shape index (κ3) is 3.29. The zero-order valence-corrected chi connectivity index (χ0v) is 16.4. The van der Waals surface area contributed by atoms with Crippen molar-refractivity contribution in [1.82, 2.24) is 15.0 Å². The van der Waals surface area contributed by atoms with Crippen LogP contribution in [0.2, 0.25) is 0 Å². The third-order valence-electron chi connectivity index (χ3n) is 4.81. The summed E-state index contributed by atoms with van der Waals surface area (Å²) in [4.78, 5) is 17.1. The minimum absolute atomic E-state index is 0.0371. The Bertz CT molecular complexity index is 954. The van der Waals surface area contributed by atoms with Crippen molar-refractivity contribution in [2.45, 2.75) is 20.4 Å². The number of benzene rings is 1. The van der Waals surface area contributed by atoms with Crippen molar-refractivity contribution in [3.05, 3.63) is 51.5 Å². The van der Waals surface area contributed by atoms with Crippen LogP contribution < -0.4 is 0 Å². The molecule has 1 aromatic carbocycles. The SMILES string of the molecule is Cc1cc(CN2CCN(C(=O)c3oc4ccc(Br)cc4c3C)CC2)on1. The van der Waals surface area contributed by atoms with Crippen LogP contribution in [0.4, 0.5) is 0 Å². The molecule has 1 aliphatic heterocycles. The van der Waals surface area contributed by atoms with Gasteiger partial charge >= 0.3 is 0 Å². The molecule has 26 heavy (non-hydrogen) atoms. The van der Waals surface area contributed by atoms with Gasteiger partial charge in [-0.2, -0.15) is 0 Å². The highest BCUT2D eigenvalue weighted by Gasteiger charge is 2.27. The van der Waals surface area contributed by atoms with Crippen LogP contribution in [-0.2, 0) is 6.54 Å². The molecule has 0 radical (unpaired) electrons. The zero-order chi connectivity index (χ0) is 18.3. The van der Waals surface area contributed by atoms with Crippen LogP contribution in [0.25, 0.3) is 11.0 Å². The van der Waals surface area contributed by atoms with E-state index in [1.807, 2.05) is 43.0 Å². The number of rotatable bonds is 3. The first-order chi connectivity index (χ1) is 12.5. The highest BCUT2D eigenvalue weighted by molar-refractivity contribution is 9.10. The molecule has 1 saturated heterocycles. The van der Waals surface area contributed by atoms with Gasteiger partial charge in [0.2, 0.25) is 0 Å². The Morgan fingerprint density at radius 2 is 1.96 bits per heavy atom. The average Bonchev–Trinajstić information content (AvgIpc) is 3.18. The molecule has 3 heterocycles. The van der Waals surface area contributed by atoms with Crippen molar-refractivity contribution in [3.8, 4) is 0 Å². The predicted molar refractivity (Wildman–Crippen MR) is 101 cm³/mol. The van der Waals surface area contributed by atoms with E-state index in [1.165, 1.54) is 0 Å². The van der Waals surface area contributed by atoms with Crippen LogP contribution in [0.3, 0.4) is 0 Å². The standard InChI is InChI=1S/C19H20BrN3O3/c1-12-9-15(26-21-12)11-22-5-7-23(8-6-22)19(24)18-13(2)16-10-14(20)3-4-17(16)25-18/h3-4,9-10H,5-8,11H2,1-2H3. The number of piperazine rings is 1. The van der Waals surface area contributed by atoms with Crippen LogP contribution in [0, 0.1) is 13.8 Å². The van der Waals surface area contributed by atoms with E-state index in [1.54, 1.807) is 0 Å². The predicted octanol–water partition coefficient (Wildman–Crippen LogP) is 3.76. The summed E-state index contributed by atoms with van der Waals surface area (Å²) >= 11 is 3.47. The molecule has 2 aromatic heterocycles. The lowest BCUT2D eigenvalue weighted by Gasteiger charge is -2.33. The largest absolute Gasteiger partial charge is 0.451 e. The second-order valence-corrected chi connectivity index (χ2v) is 7.62. The number of carbonyl (C=O) groups is 1. The summed E-state index contributed by atoms with van der Waals surface area (Å²) in [6.07, 6.45) is 0. The summed E-state index contributed by atoms with van der Waals surface area (Å²) in [7, 11) is 0. The number of nitrogens with zero attached hydrogens (tertiary/aromatic N) is 3. The number of aromatic nitrogens is 1. The topological polar surface area (TPSA) is 62.7 Å². The second kappa shape index (κ2) is 6.89. The van der Waals surface area contributed by atoms with E-state index in [0.717, 1.165) is 52.1 Å². The van der Waals surface area contributed by atoms with E-state index in [9.17, 15) is 4.79 Å². The number of halogens is 1. The molecule has 1 amide bonds. The molecule has 0 atom stereocenters. The van der Waals surface area contributed by atoms with Crippen LogP contribution in [0.5, 0.6) is 0 Å². The highest BCUT2D eigenvalue weighted by atomic mass is 79.9. The van der Waals surface area contributed by atoms with E-state index in [0.29, 0.717) is 18.8 Å². The molecule has 6 nitrogen and oxygen atoms in total. The molecule has 1 fully saturated rings. The molecular weight excluding hydrogens is 398 g/mol. The van der Waals surface area contributed by atoms with Gasteiger partial charge in [0.05, 0.1) is 12.2 Å². The normalized spacial score (nSPS) is 15.7. The van der Waals surface area contributed by atoms with Gasteiger partial charge in [-0.25, -0.2) is 0 Å². The van der Waals surface area contributed by atoms with Crippen molar-refractivity contribution >= 4 is 32.8 Å². The number of amides is 1. The summed E-state index contributed by atoms with van der Waals surface area (Å²) in [5.74, 6) is 1.27. The van der Waals surface area contributed by atoms with E-state index in [4.69, 9.17) is 8.94 Å². The molecule has 0 saturated carbocycles. The lowest BCUT2D eigenvalue weighted by Crippen LogP contribution is -2.48. The van der Waals surface area contributed by atoms with Crippen molar-refractivity contribution in [3.63, 3.8) is 0 Å². The Balaban J connectivity index is 1.44. The summed E-state index contributed by atoms with van der Waals surface area (Å²) in [5, 5.41) is 4.89. The molecule has 0 spiro atoms. The molecule has 3 aromatic rings. The Kier molecular flexibility index (Phi) is 4.58. The minimum atomic E-state index is -0.0371. The van der Waals surface area contributed by atoms with Crippen molar-refractivity contribution in [2.75, 3.05) is 26.2 Å². The van der Waals surface area contributed by atoms with Gasteiger partial charge in [-0.1, -0.05) is 21.1 Å². The first kappa shape index (κ1) is 17.3. The van der Waals surface area contributed by atoms with Crippen LogP contribution in [0.15, 0.2) is 37.7 Å². The summed E-state index contributed by atoms with van der Waals surface area (Å²) in [6, 6.07) is 7.75. The fourth-order valence-electron chi connectivity index (χ4n) is 3.36. The van der Waals surface area contributed by atoms with E-state index < -0.39 is 0 Å². The lowest BCUT2D eigenvalue weighted by atomic mass is 10.1. The molecule has 1 aliphatic rings.